The maximum absolute atomic E-state index is 8.71. The molecule has 1 aromatic carbocycles. The van der Waals surface area contributed by atoms with E-state index in [1.165, 1.54) is 0 Å². The smallest absolute Gasteiger partial charge is 0.0994 e. The van der Waals surface area contributed by atoms with Crippen molar-refractivity contribution in [3.8, 4) is 17.9 Å². The topological polar surface area (TPSA) is 23.8 Å². The van der Waals surface area contributed by atoms with E-state index in [0.717, 1.165) is 11.1 Å². The maximum atomic E-state index is 8.71. The van der Waals surface area contributed by atoms with Gasteiger partial charge < -0.3 is 0 Å². The molecule has 0 fully saturated rings. The Balaban J connectivity index is 3.22. The lowest BCUT2D eigenvalue weighted by molar-refractivity contribution is 1.38. The molecule has 58 valence electrons. The minimum absolute atomic E-state index is 0.704. The van der Waals surface area contributed by atoms with Crippen LogP contribution in [0.3, 0.4) is 0 Å². The molecule has 0 aromatic heterocycles. The number of hydrogen-bond donors (Lipinski definition) is 0. The molecular formula is C11H9N. The molecule has 0 bridgehead atoms. The molecule has 12 heavy (non-hydrogen) atoms. The van der Waals surface area contributed by atoms with Crippen LogP contribution < -0.4 is 0 Å². The van der Waals surface area contributed by atoms with E-state index in [4.69, 9.17) is 5.26 Å². The lowest BCUT2D eigenvalue weighted by atomic mass is 10.1. The van der Waals surface area contributed by atoms with Gasteiger partial charge >= 0.3 is 0 Å². The molecule has 0 atom stereocenters. The second-order valence-corrected chi connectivity index (χ2v) is 2.52. The van der Waals surface area contributed by atoms with Gasteiger partial charge in [0.25, 0.3) is 0 Å². The highest BCUT2D eigenvalue weighted by Gasteiger charge is 1.96. The van der Waals surface area contributed by atoms with E-state index in [1.54, 1.807) is 6.92 Å². The molecule has 0 aliphatic rings. The van der Waals surface area contributed by atoms with Crippen LogP contribution in [-0.4, -0.2) is 0 Å². The fourth-order valence-corrected chi connectivity index (χ4v) is 0.965. The molecule has 1 nitrogen and oxygen atoms in total. The number of rotatable bonds is 0. The lowest BCUT2D eigenvalue weighted by Gasteiger charge is -1.95. The van der Waals surface area contributed by atoms with Crippen LogP contribution in [0.2, 0.25) is 0 Å². The van der Waals surface area contributed by atoms with E-state index in [9.17, 15) is 0 Å². The third-order valence-electron chi connectivity index (χ3n) is 1.63. The first-order valence-corrected chi connectivity index (χ1v) is 3.71. The Morgan fingerprint density at radius 3 is 2.67 bits per heavy atom. The average molecular weight is 155 g/mol. The Morgan fingerprint density at radius 2 is 2.08 bits per heavy atom. The zero-order chi connectivity index (χ0) is 8.97. The van der Waals surface area contributed by atoms with Crippen LogP contribution in [0, 0.1) is 30.1 Å². The van der Waals surface area contributed by atoms with E-state index in [1.807, 2.05) is 25.1 Å². The van der Waals surface area contributed by atoms with E-state index in [2.05, 4.69) is 17.9 Å². The van der Waals surface area contributed by atoms with Gasteiger partial charge in [0.15, 0.2) is 0 Å². The fourth-order valence-electron chi connectivity index (χ4n) is 0.965. The van der Waals surface area contributed by atoms with Gasteiger partial charge in [-0.15, -0.1) is 5.92 Å². The van der Waals surface area contributed by atoms with Crippen molar-refractivity contribution in [2.75, 3.05) is 0 Å². The van der Waals surface area contributed by atoms with Crippen LogP contribution in [0.15, 0.2) is 18.2 Å². The van der Waals surface area contributed by atoms with E-state index in [0.29, 0.717) is 5.56 Å². The first-order chi connectivity index (χ1) is 5.77. The van der Waals surface area contributed by atoms with Crippen molar-refractivity contribution in [2.24, 2.45) is 0 Å². The summed E-state index contributed by atoms with van der Waals surface area (Å²) in [5.74, 6) is 5.70. The van der Waals surface area contributed by atoms with Gasteiger partial charge in [0, 0.05) is 5.56 Å². The van der Waals surface area contributed by atoms with Crippen LogP contribution in [-0.2, 0) is 0 Å². The summed E-state index contributed by atoms with van der Waals surface area (Å²) in [5.41, 5.74) is 2.61. The third kappa shape index (κ3) is 1.65. The normalized spacial score (nSPS) is 8.08. The van der Waals surface area contributed by atoms with Crippen molar-refractivity contribution in [2.45, 2.75) is 13.8 Å². The minimum Gasteiger partial charge on any atom is -0.192 e. The number of nitriles is 1. The maximum Gasteiger partial charge on any atom is 0.0994 e. The SMILES string of the molecule is CC#Cc1ccc(C)c(C#N)c1. The Hall–Kier alpha value is -1.73. The largest absolute Gasteiger partial charge is 0.192 e. The molecule has 0 saturated carbocycles. The molecule has 0 spiro atoms. The molecule has 0 saturated heterocycles. The third-order valence-corrected chi connectivity index (χ3v) is 1.63. The highest BCUT2D eigenvalue weighted by Crippen LogP contribution is 2.08. The molecule has 0 aliphatic heterocycles. The molecule has 1 heteroatoms. The second kappa shape index (κ2) is 3.60. The Bertz CT molecular complexity index is 386. The second-order valence-electron chi connectivity index (χ2n) is 2.52. The monoisotopic (exact) mass is 155 g/mol. The van der Waals surface area contributed by atoms with Gasteiger partial charge in [-0.25, -0.2) is 0 Å². The molecule has 0 amide bonds. The molecule has 0 N–H and O–H groups in total. The van der Waals surface area contributed by atoms with Crippen molar-refractivity contribution < 1.29 is 0 Å². The average Bonchev–Trinajstić information content (AvgIpc) is 2.09. The summed E-state index contributed by atoms with van der Waals surface area (Å²) in [6.45, 7) is 3.70. The van der Waals surface area contributed by atoms with E-state index in [-0.39, 0.29) is 0 Å². The van der Waals surface area contributed by atoms with Gasteiger partial charge in [0.05, 0.1) is 11.6 Å². The molecule has 0 heterocycles. The van der Waals surface area contributed by atoms with Crippen molar-refractivity contribution in [1.82, 2.24) is 0 Å². The molecule has 1 aromatic rings. The summed E-state index contributed by atoms with van der Waals surface area (Å²) in [6.07, 6.45) is 0. The summed E-state index contributed by atoms with van der Waals surface area (Å²) in [6, 6.07) is 7.78. The van der Waals surface area contributed by atoms with Gasteiger partial charge in [0.1, 0.15) is 0 Å². The van der Waals surface area contributed by atoms with Gasteiger partial charge in [-0.1, -0.05) is 12.0 Å². The van der Waals surface area contributed by atoms with Gasteiger partial charge in [0.2, 0.25) is 0 Å². The van der Waals surface area contributed by atoms with Crippen LogP contribution in [0.5, 0.6) is 0 Å². The quantitative estimate of drug-likeness (QED) is 0.527. The van der Waals surface area contributed by atoms with Gasteiger partial charge in [-0.3, -0.25) is 0 Å². The molecule has 0 radical (unpaired) electrons. The van der Waals surface area contributed by atoms with Crippen LogP contribution in [0.25, 0.3) is 0 Å². The highest BCUT2D eigenvalue weighted by molar-refractivity contribution is 5.45. The van der Waals surface area contributed by atoms with Crippen molar-refractivity contribution >= 4 is 0 Å². The van der Waals surface area contributed by atoms with E-state index < -0.39 is 0 Å². The number of aryl methyl sites for hydroxylation is 1. The standard InChI is InChI=1S/C11H9N/c1-3-4-10-6-5-9(2)11(7-10)8-12/h5-7H,1-2H3. The fraction of sp³-hybridized carbons (Fsp3) is 0.182. The molecule has 0 unspecified atom stereocenters. The van der Waals surface area contributed by atoms with Crippen molar-refractivity contribution in [3.05, 3.63) is 34.9 Å². The summed E-state index contributed by atoms with van der Waals surface area (Å²) in [7, 11) is 0. The van der Waals surface area contributed by atoms with Crippen LogP contribution >= 0.6 is 0 Å². The minimum atomic E-state index is 0.704. The van der Waals surface area contributed by atoms with Gasteiger partial charge in [-0.2, -0.15) is 5.26 Å². The lowest BCUT2D eigenvalue weighted by Crippen LogP contribution is -1.83. The van der Waals surface area contributed by atoms with Crippen molar-refractivity contribution in [3.63, 3.8) is 0 Å². The number of nitrogens with zero attached hydrogens (tertiary/aromatic N) is 1. The first kappa shape index (κ1) is 8.37. The predicted molar refractivity (Wildman–Crippen MR) is 48.4 cm³/mol. The Kier molecular flexibility index (Phi) is 2.51. The number of benzene rings is 1. The van der Waals surface area contributed by atoms with Crippen molar-refractivity contribution in [1.29, 1.82) is 5.26 Å². The highest BCUT2D eigenvalue weighted by atomic mass is 14.2. The molecule has 0 aliphatic carbocycles. The predicted octanol–water partition coefficient (Wildman–Crippen LogP) is 2.24. The summed E-state index contributed by atoms with van der Waals surface area (Å²) in [5, 5.41) is 8.71. The van der Waals surface area contributed by atoms with Crippen LogP contribution in [0.1, 0.15) is 23.6 Å². The summed E-state index contributed by atoms with van der Waals surface area (Å²) < 4.78 is 0. The van der Waals surface area contributed by atoms with Gasteiger partial charge in [-0.05, 0) is 31.5 Å². The Labute approximate surface area is 72.6 Å². The summed E-state index contributed by atoms with van der Waals surface area (Å²) in [4.78, 5) is 0. The zero-order valence-corrected chi connectivity index (χ0v) is 7.18. The summed E-state index contributed by atoms with van der Waals surface area (Å²) >= 11 is 0. The zero-order valence-electron chi connectivity index (χ0n) is 7.18. The van der Waals surface area contributed by atoms with Crippen LogP contribution in [0.4, 0.5) is 0 Å². The molecular weight excluding hydrogens is 146 g/mol. The number of hydrogen-bond acceptors (Lipinski definition) is 1. The Morgan fingerprint density at radius 1 is 1.33 bits per heavy atom. The molecule has 1 rings (SSSR count). The first-order valence-electron chi connectivity index (χ1n) is 3.71. The van der Waals surface area contributed by atoms with E-state index >= 15 is 0 Å².